The van der Waals surface area contributed by atoms with Gasteiger partial charge < -0.3 is 19.9 Å². The Balaban J connectivity index is 1.74. The SMILES string of the molecule is CCN(CC)C(=O)C1CCN(C(=O)N[C@H](C)COc2cccc(F)c2)CC1. The molecule has 1 aromatic rings. The van der Waals surface area contributed by atoms with Crippen LogP contribution in [0.15, 0.2) is 24.3 Å². The van der Waals surface area contributed by atoms with E-state index < -0.39 is 0 Å². The Morgan fingerprint density at radius 2 is 1.96 bits per heavy atom. The number of likely N-dealkylation sites (tertiary alicyclic amines) is 1. The fraction of sp³-hybridized carbons (Fsp3) is 0.600. The Hall–Kier alpha value is -2.31. The number of hydrogen-bond acceptors (Lipinski definition) is 3. The number of amides is 3. The second-order valence-corrected chi connectivity index (χ2v) is 6.89. The third-order valence-electron chi connectivity index (χ3n) is 4.87. The zero-order valence-corrected chi connectivity index (χ0v) is 16.4. The van der Waals surface area contributed by atoms with E-state index in [1.165, 1.54) is 12.1 Å². The Labute approximate surface area is 160 Å². The average molecular weight is 379 g/mol. The standard InChI is InChI=1S/C20H30FN3O3/c1-4-23(5-2)19(25)16-9-11-24(12-10-16)20(26)22-15(3)14-27-18-8-6-7-17(21)13-18/h6-8,13,15-16H,4-5,9-12,14H2,1-3H3,(H,22,26)/t15-/m1/s1. The van der Waals surface area contributed by atoms with E-state index in [1.54, 1.807) is 17.0 Å². The first-order chi connectivity index (χ1) is 12.9. The molecular weight excluding hydrogens is 349 g/mol. The second-order valence-electron chi connectivity index (χ2n) is 6.89. The molecule has 1 heterocycles. The van der Waals surface area contributed by atoms with Gasteiger partial charge in [0.1, 0.15) is 18.2 Å². The highest BCUT2D eigenvalue weighted by Gasteiger charge is 2.29. The Kier molecular flexibility index (Phi) is 7.88. The van der Waals surface area contributed by atoms with Crippen LogP contribution in [-0.2, 0) is 4.79 Å². The Morgan fingerprint density at radius 1 is 1.30 bits per heavy atom. The molecule has 0 spiro atoms. The normalized spacial score (nSPS) is 15.9. The molecule has 0 bridgehead atoms. The number of halogens is 1. The molecule has 0 aromatic heterocycles. The lowest BCUT2D eigenvalue weighted by Crippen LogP contribution is -2.50. The molecule has 3 amide bonds. The fourth-order valence-corrected chi connectivity index (χ4v) is 3.24. The van der Waals surface area contributed by atoms with Gasteiger partial charge in [-0.25, -0.2) is 9.18 Å². The topological polar surface area (TPSA) is 61.9 Å². The van der Waals surface area contributed by atoms with Gasteiger partial charge in [-0.1, -0.05) is 6.07 Å². The summed E-state index contributed by atoms with van der Waals surface area (Å²) < 4.78 is 18.7. The summed E-state index contributed by atoms with van der Waals surface area (Å²) in [5.74, 6) is 0.276. The molecule has 150 valence electrons. The van der Waals surface area contributed by atoms with Crippen LogP contribution in [0.1, 0.15) is 33.6 Å². The van der Waals surface area contributed by atoms with Gasteiger partial charge in [-0.15, -0.1) is 0 Å². The van der Waals surface area contributed by atoms with Gasteiger partial charge in [-0.3, -0.25) is 4.79 Å². The molecule has 1 saturated heterocycles. The molecule has 7 heteroatoms. The number of rotatable bonds is 7. The van der Waals surface area contributed by atoms with Crippen molar-refractivity contribution >= 4 is 11.9 Å². The summed E-state index contributed by atoms with van der Waals surface area (Å²) >= 11 is 0. The maximum absolute atomic E-state index is 13.1. The number of piperidine rings is 1. The molecule has 0 unspecified atom stereocenters. The first-order valence-corrected chi connectivity index (χ1v) is 9.67. The van der Waals surface area contributed by atoms with Crippen molar-refractivity contribution in [1.29, 1.82) is 0 Å². The predicted molar refractivity (Wildman–Crippen MR) is 102 cm³/mol. The van der Waals surface area contributed by atoms with E-state index in [1.807, 2.05) is 25.7 Å². The second kappa shape index (κ2) is 10.1. The number of nitrogens with zero attached hydrogens (tertiary/aromatic N) is 2. The monoisotopic (exact) mass is 379 g/mol. The fourth-order valence-electron chi connectivity index (χ4n) is 3.24. The minimum Gasteiger partial charge on any atom is -0.491 e. The predicted octanol–water partition coefficient (Wildman–Crippen LogP) is 2.88. The maximum Gasteiger partial charge on any atom is 0.317 e. The summed E-state index contributed by atoms with van der Waals surface area (Å²) in [6.07, 6.45) is 1.38. The summed E-state index contributed by atoms with van der Waals surface area (Å²) in [7, 11) is 0. The first kappa shape index (κ1) is 21.0. The number of carbonyl (C=O) groups excluding carboxylic acids is 2. The van der Waals surface area contributed by atoms with Crippen molar-refractivity contribution in [3.63, 3.8) is 0 Å². The minimum atomic E-state index is -0.355. The molecule has 0 radical (unpaired) electrons. The van der Waals surface area contributed by atoms with Crippen molar-refractivity contribution in [2.45, 2.75) is 39.7 Å². The summed E-state index contributed by atoms with van der Waals surface area (Å²) in [6.45, 7) is 8.65. The lowest BCUT2D eigenvalue weighted by atomic mass is 9.95. The number of benzene rings is 1. The van der Waals surface area contributed by atoms with Crippen LogP contribution in [-0.4, -0.2) is 60.6 Å². The van der Waals surface area contributed by atoms with Gasteiger partial charge in [0.2, 0.25) is 5.91 Å². The molecule has 2 rings (SSSR count). The molecule has 0 saturated carbocycles. The van der Waals surface area contributed by atoms with Gasteiger partial charge in [0.05, 0.1) is 6.04 Å². The molecule has 27 heavy (non-hydrogen) atoms. The van der Waals surface area contributed by atoms with Crippen LogP contribution in [0.2, 0.25) is 0 Å². The number of ether oxygens (including phenoxy) is 1. The van der Waals surface area contributed by atoms with Crippen LogP contribution in [0.5, 0.6) is 5.75 Å². The van der Waals surface area contributed by atoms with E-state index in [0.29, 0.717) is 31.7 Å². The summed E-state index contributed by atoms with van der Waals surface area (Å²) in [4.78, 5) is 28.4. The van der Waals surface area contributed by atoms with Crippen LogP contribution in [0.25, 0.3) is 0 Å². The van der Waals surface area contributed by atoms with Gasteiger partial charge in [0.25, 0.3) is 0 Å². The highest BCUT2D eigenvalue weighted by atomic mass is 19.1. The quantitative estimate of drug-likeness (QED) is 0.792. The van der Waals surface area contributed by atoms with E-state index in [0.717, 1.165) is 13.1 Å². The highest BCUT2D eigenvalue weighted by Crippen LogP contribution is 2.20. The van der Waals surface area contributed by atoms with E-state index in [2.05, 4.69) is 5.32 Å². The molecule has 1 aliphatic heterocycles. The number of carbonyl (C=O) groups is 2. The van der Waals surface area contributed by atoms with Crippen LogP contribution in [0, 0.1) is 11.7 Å². The van der Waals surface area contributed by atoms with Crippen LogP contribution in [0.3, 0.4) is 0 Å². The summed E-state index contributed by atoms with van der Waals surface area (Å²) in [6, 6.07) is 5.56. The average Bonchev–Trinajstić information content (AvgIpc) is 2.67. The van der Waals surface area contributed by atoms with Crippen LogP contribution < -0.4 is 10.1 Å². The zero-order valence-electron chi connectivity index (χ0n) is 16.4. The number of urea groups is 1. The van der Waals surface area contributed by atoms with Gasteiger partial charge in [-0.05, 0) is 45.7 Å². The van der Waals surface area contributed by atoms with Crippen molar-refractivity contribution in [2.24, 2.45) is 5.92 Å². The van der Waals surface area contributed by atoms with E-state index in [-0.39, 0.29) is 36.3 Å². The highest BCUT2D eigenvalue weighted by molar-refractivity contribution is 5.79. The zero-order chi connectivity index (χ0) is 19.8. The molecule has 1 atom stereocenters. The molecule has 0 aliphatic carbocycles. The van der Waals surface area contributed by atoms with Gasteiger partial charge in [-0.2, -0.15) is 0 Å². The lowest BCUT2D eigenvalue weighted by Gasteiger charge is -2.34. The van der Waals surface area contributed by atoms with Crippen LogP contribution >= 0.6 is 0 Å². The third-order valence-corrected chi connectivity index (χ3v) is 4.87. The van der Waals surface area contributed by atoms with Gasteiger partial charge in [0, 0.05) is 38.2 Å². The summed E-state index contributed by atoms with van der Waals surface area (Å²) in [5, 5.41) is 2.90. The van der Waals surface area contributed by atoms with Crippen molar-refractivity contribution < 1.29 is 18.7 Å². The number of hydrogen-bond donors (Lipinski definition) is 1. The van der Waals surface area contributed by atoms with Crippen LogP contribution in [0.4, 0.5) is 9.18 Å². The Bertz CT molecular complexity index is 629. The molecular formula is C20H30FN3O3. The molecule has 1 aliphatic rings. The van der Waals surface area contributed by atoms with E-state index in [4.69, 9.17) is 4.74 Å². The van der Waals surface area contributed by atoms with Crippen molar-refractivity contribution in [3.8, 4) is 5.75 Å². The minimum absolute atomic E-state index is 0.00249. The van der Waals surface area contributed by atoms with Gasteiger partial charge >= 0.3 is 6.03 Å². The third kappa shape index (κ3) is 6.12. The van der Waals surface area contributed by atoms with Crippen molar-refractivity contribution in [2.75, 3.05) is 32.8 Å². The number of nitrogens with one attached hydrogen (secondary N) is 1. The van der Waals surface area contributed by atoms with E-state index >= 15 is 0 Å². The van der Waals surface area contributed by atoms with Gasteiger partial charge in [0.15, 0.2) is 0 Å². The van der Waals surface area contributed by atoms with Crippen molar-refractivity contribution in [3.05, 3.63) is 30.1 Å². The summed E-state index contributed by atoms with van der Waals surface area (Å²) in [5.41, 5.74) is 0. The molecule has 1 aromatic carbocycles. The Morgan fingerprint density at radius 3 is 2.56 bits per heavy atom. The largest absolute Gasteiger partial charge is 0.491 e. The van der Waals surface area contributed by atoms with Crippen molar-refractivity contribution in [1.82, 2.24) is 15.1 Å². The first-order valence-electron chi connectivity index (χ1n) is 9.67. The molecule has 1 fully saturated rings. The molecule has 1 N–H and O–H groups in total. The maximum atomic E-state index is 13.1. The lowest BCUT2D eigenvalue weighted by molar-refractivity contribution is -0.136. The van der Waals surface area contributed by atoms with E-state index in [9.17, 15) is 14.0 Å². The molecule has 6 nitrogen and oxygen atoms in total. The smallest absolute Gasteiger partial charge is 0.317 e.